The Morgan fingerprint density at radius 2 is 1.81 bits per heavy atom. The van der Waals surface area contributed by atoms with Crippen molar-refractivity contribution < 1.29 is 19.4 Å². The minimum Gasteiger partial charge on any atom is -0.468 e. The maximum atomic E-state index is 12.7. The van der Waals surface area contributed by atoms with Gasteiger partial charge in [-0.2, -0.15) is 0 Å². The highest BCUT2D eigenvalue weighted by Crippen LogP contribution is 2.23. The number of nitrogens with zero attached hydrogens (tertiary/aromatic N) is 2. The quantitative estimate of drug-likeness (QED) is 0.763. The van der Waals surface area contributed by atoms with Gasteiger partial charge in [0.15, 0.2) is 0 Å². The predicted molar refractivity (Wildman–Crippen MR) is 77.6 cm³/mol. The van der Waals surface area contributed by atoms with E-state index in [1.54, 1.807) is 4.90 Å². The first-order chi connectivity index (χ1) is 10.0. The molecule has 1 N–H and O–H groups in total. The summed E-state index contributed by atoms with van der Waals surface area (Å²) in [6.45, 7) is 3.76. The van der Waals surface area contributed by atoms with Crippen LogP contribution < -0.4 is 0 Å². The SMILES string of the molecule is COC(=O)C1CC(O)CN1C(C)C(=O)N1CCCCCC1. The van der Waals surface area contributed by atoms with Gasteiger partial charge >= 0.3 is 5.97 Å². The second-order valence-corrected chi connectivity index (χ2v) is 6.04. The first-order valence-corrected chi connectivity index (χ1v) is 7.85. The molecule has 2 heterocycles. The maximum absolute atomic E-state index is 12.7. The standard InChI is InChI=1S/C15H26N2O4/c1-11(14(19)16-7-5-3-4-6-8-16)17-10-12(18)9-13(17)15(20)21-2/h11-13,18H,3-10H2,1-2H3. The normalized spacial score (nSPS) is 29.0. The summed E-state index contributed by atoms with van der Waals surface area (Å²) in [4.78, 5) is 28.2. The molecule has 0 aromatic heterocycles. The second-order valence-electron chi connectivity index (χ2n) is 6.04. The molecule has 2 saturated heterocycles. The van der Waals surface area contributed by atoms with Crippen LogP contribution in [0.25, 0.3) is 0 Å². The van der Waals surface area contributed by atoms with Crippen molar-refractivity contribution in [1.29, 1.82) is 0 Å². The molecule has 2 aliphatic rings. The van der Waals surface area contributed by atoms with Gasteiger partial charge in [0.2, 0.25) is 5.91 Å². The summed E-state index contributed by atoms with van der Waals surface area (Å²) in [6, 6.07) is -0.916. The fraction of sp³-hybridized carbons (Fsp3) is 0.867. The Balaban J connectivity index is 2.04. The van der Waals surface area contributed by atoms with Gasteiger partial charge in [0.05, 0.1) is 19.3 Å². The summed E-state index contributed by atoms with van der Waals surface area (Å²) >= 11 is 0. The van der Waals surface area contributed by atoms with Crippen molar-refractivity contribution in [2.24, 2.45) is 0 Å². The number of amides is 1. The Morgan fingerprint density at radius 1 is 1.19 bits per heavy atom. The van der Waals surface area contributed by atoms with Crippen molar-refractivity contribution in [2.45, 2.75) is 57.2 Å². The fourth-order valence-electron chi connectivity index (χ4n) is 3.33. The third kappa shape index (κ3) is 3.74. The molecule has 0 spiro atoms. The molecular formula is C15H26N2O4. The van der Waals surface area contributed by atoms with E-state index >= 15 is 0 Å². The summed E-state index contributed by atoms with van der Waals surface area (Å²) < 4.78 is 4.79. The van der Waals surface area contributed by atoms with Crippen LogP contribution in [0.2, 0.25) is 0 Å². The number of esters is 1. The summed E-state index contributed by atoms with van der Waals surface area (Å²) in [5.74, 6) is -0.318. The van der Waals surface area contributed by atoms with E-state index in [9.17, 15) is 14.7 Å². The molecule has 120 valence electrons. The van der Waals surface area contributed by atoms with E-state index in [-0.39, 0.29) is 11.9 Å². The van der Waals surface area contributed by atoms with Crippen LogP contribution in [0.15, 0.2) is 0 Å². The number of carbonyl (C=O) groups is 2. The lowest BCUT2D eigenvalue weighted by Crippen LogP contribution is -2.51. The average molecular weight is 298 g/mol. The number of likely N-dealkylation sites (tertiary alicyclic amines) is 2. The van der Waals surface area contributed by atoms with Gasteiger partial charge in [-0.25, -0.2) is 0 Å². The van der Waals surface area contributed by atoms with Crippen molar-refractivity contribution in [3.05, 3.63) is 0 Å². The molecule has 2 rings (SSSR count). The Kier molecular flexibility index (Phi) is 5.58. The van der Waals surface area contributed by atoms with Gasteiger partial charge in [-0.3, -0.25) is 14.5 Å². The molecule has 2 fully saturated rings. The third-order valence-electron chi connectivity index (χ3n) is 4.56. The summed E-state index contributed by atoms with van der Waals surface area (Å²) in [6.07, 6.45) is 4.19. The Labute approximate surface area is 126 Å². The van der Waals surface area contributed by atoms with Gasteiger partial charge < -0.3 is 14.7 Å². The minimum absolute atomic E-state index is 0.0555. The van der Waals surface area contributed by atoms with E-state index < -0.39 is 18.2 Å². The maximum Gasteiger partial charge on any atom is 0.323 e. The molecule has 0 aromatic rings. The highest BCUT2D eigenvalue weighted by molar-refractivity contribution is 5.83. The van der Waals surface area contributed by atoms with Gasteiger partial charge in [0.25, 0.3) is 0 Å². The van der Waals surface area contributed by atoms with Gasteiger partial charge in [-0.1, -0.05) is 12.8 Å². The van der Waals surface area contributed by atoms with Crippen LogP contribution in [0, 0.1) is 0 Å². The second kappa shape index (κ2) is 7.22. The van der Waals surface area contributed by atoms with E-state index in [0.717, 1.165) is 25.9 Å². The molecular weight excluding hydrogens is 272 g/mol. The number of aliphatic hydroxyl groups is 1. The molecule has 0 radical (unpaired) electrons. The van der Waals surface area contributed by atoms with E-state index in [0.29, 0.717) is 13.0 Å². The number of aliphatic hydroxyl groups excluding tert-OH is 1. The van der Waals surface area contributed by atoms with Crippen LogP contribution in [0.3, 0.4) is 0 Å². The number of carbonyl (C=O) groups excluding carboxylic acids is 2. The Bertz CT molecular complexity index is 380. The van der Waals surface area contributed by atoms with Crippen molar-refractivity contribution in [1.82, 2.24) is 9.80 Å². The lowest BCUT2D eigenvalue weighted by molar-refractivity contribution is -0.148. The number of rotatable bonds is 3. The van der Waals surface area contributed by atoms with Crippen LogP contribution in [0.5, 0.6) is 0 Å². The van der Waals surface area contributed by atoms with Crippen LogP contribution in [0.1, 0.15) is 39.0 Å². The number of hydrogen-bond donors (Lipinski definition) is 1. The Hall–Kier alpha value is -1.14. The highest BCUT2D eigenvalue weighted by atomic mass is 16.5. The van der Waals surface area contributed by atoms with Crippen LogP contribution in [-0.2, 0) is 14.3 Å². The molecule has 6 heteroatoms. The first kappa shape index (κ1) is 16.2. The molecule has 0 bridgehead atoms. The molecule has 1 amide bonds. The van der Waals surface area contributed by atoms with Crippen LogP contribution in [0.4, 0.5) is 0 Å². The van der Waals surface area contributed by atoms with Crippen LogP contribution in [-0.4, -0.2) is 71.7 Å². The van der Waals surface area contributed by atoms with Gasteiger partial charge in [0.1, 0.15) is 6.04 Å². The average Bonchev–Trinajstić information content (AvgIpc) is 2.70. The number of β-amino-alcohol motifs (C(OH)–C–C–N with tert-alkyl or cyclic N) is 1. The zero-order valence-corrected chi connectivity index (χ0v) is 13.0. The summed E-state index contributed by atoms with van der Waals surface area (Å²) in [5.41, 5.74) is 0. The lowest BCUT2D eigenvalue weighted by Gasteiger charge is -2.32. The molecule has 21 heavy (non-hydrogen) atoms. The smallest absolute Gasteiger partial charge is 0.323 e. The first-order valence-electron chi connectivity index (χ1n) is 7.85. The topological polar surface area (TPSA) is 70.1 Å². The number of ether oxygens (including phenoxy) is 1. The molecule has 0 saturated carbocycles. The number of hydrogen-bond acceptors (Lipinski definition) is 5. The van der Waals surface area contributed by atoms with Crippen LogP contribution >= 0.6 is 0 Å². The lowest BCUT2D eigenvalue weighted by atomic mass is 10.1. The third-order valence-corrected chi connectivity index (χ3v) is 4.56. The predicted octanol–water partition coefficient (Wildman–Crippen LogP) is 0.386. The van der Waals surface area contributed by atoms with Crippen molar-refractivity contribution >= 4 is 11.9 Å². The molecule has 3 atom stereocenters. The van der Waals surface area contributed by atoms with Gasteiger partial charge in [-0.05, 0) is 19.8 Å². The van der Waals surface area contributed by atoms with Gasteiger partial charge in [0, 0.05) is 26.1 Å². The molecule has 2 aliphatic heterocycles. The molecule has 0 aromatic carbocycles. The highest BCUT2D eigenvalue weighted by Gasteiger charge is 2.42. The van der Waals surface area contributed by atoms with Crippen molar-refractivity contribution in [3.63, 3.8) is 0 Å². The van der Waals surface area contributed by atoms with Crippen molar-refractivity contribution in [2.75, 3.05) is 26.7 Å². The Morgan fingerprint density at radius 3 is 2.38 bits per heavy atom. The van der Waals surface area contributed by atoms with E-state index in [1.807, 2.05) is 11.8 Å². The largest absolute Gasteiger partial charge is 0.468 e. The molecule has 0 aliphatic carbocycles. The van der Waals surface area contributed by atoms with E-state index in [1.165, 1.54) is 20.0 Å². The zero-order valence-electron chi connectivity index (χ0n) is 13.0. The molecule has 6 nitrogen and oxygen atoms in total. The van der Waals surface area contributed by atoms with Crippen molar-refractivity contribution in [3.8, 4) is 0 Å². The minimum atomic E-state index is -0.575. The summed E-state index contributed by atoms with van der Waals surface area (Å²) in [5, 5.41) is 9.83. The zero-order chi connectivity index (χ0) is 15.4. The van der Waals surface area contributed by atoms with E-state index in [2.05, 4.69) is 0 Å². The van der Waals surface area contributed by atoms with Gasteiger partial charge in [-0.15, -0.1) is 0 Å². The monoisotopic (exact) mass is 298 g/mol. The fourth-order valence-corrected chi connectivity index (χ4v) is 3.33. The number of methoxy groups -OCH3 is 1. The summed E-state index contributed by atoms with van der Waals surface area (Å²) in [7, 11) is 1.34. The molecule has 3 unspecified atom stereocenters. The van der Waals surface area contributed by atoms with E-state index in [4.69, 9.17) is 4.74 Å².